The van der Waals surface area contributed by atoms with E-state index in [9.17, 15) is 4.79 Å². The summed E-state index contributed by atoms with van der Waals surface area (Å²) in [6.07, 6.45) is 4.46. The second kappa shape index (κ2) is 5.85. The van der Waals surface area contributed by atoms with Crippen molar-refractivity contribution >= 4 is 11.0 Å². The Kier molecular flexibility index (Phi) is 4.19. The van der Waals surface area contributed by atoms with Crippen molar-refractivity contribution in [2.24, 2.45) is 0 Å². The Bertz CT molecular complexity index is 569. The summed E-state index contributed by atoms with van der Waals surface area (Å²) in [7, 11) is 0. The third-order valence-corrected chi connectivity index (χ3v) is 3.45. The van der Waals surface area contributed by atoms with Gasteiger partial charge in [-0.2, -0.15) is 0 Å². The monoisotopic (exact) mass is 244 g/mol. The lowest BCUT2D eigenvalue weighted by Gasteiger charge is -2.13. The summed E-state index contributed by atoms with van der Waals surface area (Å²) in [6.45, 7) is 4.33. The Hall–Kier alpha value is -1.57. The molecule has 0 N–H and O–H groups in total. The quantitative estimate of drug-likeness (QED) is 0.776. The molecule has 0 saturated heterocycles. The molecule has 0 bridgehead atoms. The summed E-state index contributed by atoms with van der Waals surface area (Å²) >= 11 is 0. The maximum absolute atomic E-state index is 12.0. The minimum atomic E-state index is 0.0711. The maximum atomic E-state index is 12.0. The van der Waals surface area contributed by atoms with Gasteiger partial charge in [0.25, 0.3) is 0 Å². The lowest BCUT2D eigenvalue weighted by atomic mass is 9.96. The van der Waals surface area contributed by atoms with Crippen LogP contribution >= 0.6 is 0 Å². The molecule has 0 radical (unpaired) electrons. The number of fused-ring (bicyclic) bond motifs is 1. The van der Waals surface area contributed by atoms with E-state index in [4.69, 9.17) is 4.42 Å². The van der Waals surface area contributed by atoms with E-state index in [1.807, 2.05) is 24.3 Å². The van der Waals surface area contributed by atoms with Gasteiger partial charge in [0.1, 0.15) is 11.3 Å². The minimum absolute atomic E-state index is 0.0711. The van der Waals surface area contributed by atoms with Crippen molar-refractivity contribution in [2.75, 3.05) is 0 Å². The number of rotatable bonds is 5. The van der Waals surface area contributed by atoms with Crippen LogP contribution in [0.1, 0.15) is 51.2 Å². The van der Waals surface area contributed by atoms with E-state index < -0.39 is 0 Å². The van der Waals surface area contributed by atoms with E-state index in [0.29, 0.717) is 16.9 Å². The van der Waals surface area contributed by atoms with Crippen LogP contribution in [-0.4, -0.2) is 0 Å². The second-order valence-electron chi connectivity index (χ2n) is 4.76. The third-order valence-electron chi connectivity index (χ3n) is 3.45. The van der Waals surface area contributed by atoms with Gasteiger partial charge in [-0.15, -0.1) is 0 Å². The van der Waals surface area contributed by atoms with Crippen molar-refractivity contribution in [3.63, 3.8) is 0 Å². The SMILES string of the molecule is CCCCC(CC)c1cc(=O)c2ccccc2o1. The number of hydrogen-bond acceptors (Lipinski definition) is 2. The van der Waals surface area contributed by atoms with Crippen LogP contribution in [0, 0.1) is 0 Å². The zero-order valence-corrected chi connectivity index (χ0v) is 11.1. The molecule has 0 amide bonds. The fourth-order valence-electron chi connectivity index (χ4n) is 2.32. The lowest BCUT2D eigenvalue weighted by molar-refractivity contribution is 0.443. The van der Waals surface area contributed by atoms with Crippen LogP contribution in [0.25, 0.3) is 11.0 Å². The number of unbranched alkanes of at least 4 members (excludes halogenated alkanes) is 1. The van der Waals surface area contributed by atoms with Gasteiger partial charge >= 0.3 is 0 Å². The van der Waals surface area contributed by atoms with E-state index in [-0.39, 0.29) is 5.43 Å². The Morgan fingerprint density at radius 2 is 2.00 bits per heavy atom. The molecular weight excluding hydrogens is 224 g/mol. The zero-order chi connectivity index (χ0) is 13.0. The highest BCUT2D eigenvalue weighted by Gasteiger charge is 2.13. The average Bonchev–Trinajstić information content (AvgIpc) is 2.40. The molecule has 2 heteroatoms. The topological polar surface area (TPSA) is 30.2 Å². The molecule has 1 unspecified atom stereocenters. The predicted molar refractivity (Wildman–Crippen MR) is 75.0 cm³/mol. The van der Waals surface area contributed by atoms with Crippen molar-refractivity contribution in [1.82, 2.24) is 0 Å². The number of hydrogen-bond donors (Lipinski definition) is 0. The molecule has 0 saturated carbocycles. The van der Waals surface area contributed by atoms with Crippen molar-refractivity contribution in [2.45, 2.75) is 45.4 Å². The predicted octanol–water partition coefficient (Wildman–Crippen LogP) is 4.48. The average molecular weight is 244 g/mol. The smallest absolute Gasteiger partial charge is 0.192 e. The van der Waals surface area contributed by atoms with Gasteiger partial charge in [-0.05, 0) is 25.0 Å². The Morgan fingerprint density at radius 3 is 2.72 bits per heavy atom. The molecular formula is C16H20O2. The van der Waals surface area contributed by atoms with Crippen molar-refractivity contribution in [3.8, 4) is 0 Å². The van der Waals surface area contributed by atoms with E-state index in [1.54, 1.807) is 6.07 Å². The van der Waals surface area contributed by atoms with Crippen molar-refractivity contribution in [3.05, 3.63) is 46.3 Å². The summed E-state index contributed by atoms with van der Waals surface area (Å²) < 4.78 is 5.89. The van der Waals surface area contributed by atoms with E-state index in [1.165, 1.54) is 12.8 Å². The molecule has 1 atom stereocenters. The Balaban J connectivity index is 2.41. The fraction of sp³-hybridized carbons (Fsp3) is 0.438. The van der Waals surface area contributed by atoms with Crippen LogP contribution in [0.5, 0.6) is 0 Å². The Morgan fingerprint density at radius 1 is 1.22 bits per heavy atom. The molecule has 2 aromatic rings. The number of benzene rings is 1. The highest BCUT2D eigenvalue weighted by atomic mass is 16.3. The van der Waals surface area contributed by atoms with E-state index in [0.717, 1.165) is 18.6 Å². The first-order chi connectivity index (χ1) is 8.76. The van der Waals surface area contributed by atoms with Crippen LogP contribution in [-0.2, 0) is 0 Å². The van der Waals surface area contributed by atoms with Gasteiger partial charge in [-0.3, -0.25) is 4.79 Å². The molecule has 0 spiro atoms. The summed E-state index contributed by atoms with van der Waals surface area (Å²) in [6, 6.07) is 9.13. The highest BCUT2D eigenvalue weighted by molar-refractivity contribution is 5.76. The van der Waals surface area contributed by atoms with Crippen LogP contribution in [0.4, 0.5) is 0 Å². The molecule has 2 nitrogen and oxygen atoms in total. The molecule has 2 rings (SSSR count). The maximum Gasteiger partial charge on any atom is 0.192 e. The largest absolute Gasteiger partial charge is 0.461 e. The normalized spacial score (nSPS) is 12.8. The molecule has 1 heterocycles. The van der Waals surface area contributed by atoms with Gasteiger partial charge in [0.15, 0.2) is 5.43 Å². The van der Waals surface area contributed by atoms with Crippen LogP contribution < -0.4 is 5.43 Å². The van der Waals surface area contributed by atoms with Crippen molar-refractivity contribution < 1.29 is 4.42 Å². The fourth-order valence-corrected chi connectivity index (χ4v) is 2.32. The number of para-hydroxylation sites is 1. The first-order valence-electron chi connectivity index (χ1n) is 6.79. The summed E-state index contributed by atoms with van der Waals surface area (Å²) in [5.41, 5.74) is 0.775. The van der Waals surface area contributed by atoms with E-state index >= 15 is 0 Å². The molecule has 0 aliphatic heterocycles. The molecule has 18 heavy (non-hydrogen) atoms. The summed E-state index contributed by atoms with van der Waals surface area (Å²) in [5.74, 6) is 1.21. The minimum Gasteiger partial charge on any atom is -0.461 e. The van der Waals surface area contributed by atoms with Gasteiger partial charge in [0.2, 0.25) is 0 Å². The molecule has 0 aliphatic rings. The molecule has 1 aromatic carbocycles. The highest BCUT2D eigenvalue weighted by Crippen LogP contribution is 2.26. The van der Waals surface area contributed by atoms with Gasteiger partial charge < -0.3 is 4.42 Å². The van der Waals surface area contributed by atoms with Crippen LogP contribution in [0.3, 0.4) is 0 Å². The van der Waals surface area contributed by atoms with Crippen LogP contribution in [0.2, 0.25) is 0 Å². The first-order valence-corrected chi connectivity index (χ1v) is 6.79. The zero-order valence-electron chi connectivity index (χ0n) is 11.1. The lowest BCUT2D eigenvalue weighted by Crippen LogP contribution is -2.06. The van der Waals surface area contributed by atoms with Gasteiger partial charge in [-0.25, -0.2) is 0 Å². The van der Waals surface area contributed by atoms with Crippen molar-refractivity contribution in [1.29, 1.82) is 0 Å². The molecule has 0 fully saturated rings. The van der Waals surface area contributed by atoms with Gasteiger partial charge in [0, 0.05) is 12.0 Å². The second-order valence-corrected chi connectivity index (χ2v) is 4.76. The summed E-state index contributed by atoms with van der Waals surface area (Å²) in [5, 5.41) is 0.673. The molecule has 1 aromatic heterocycles. The third kappa shape index (κ3) is 2.63. The Labute approximate surface area is 108 Å². The molecule has 96 valence electrons. The standard InChI is InChI=1S/C16H20O2/c1-3-5-8-12(4-2)16-11-14(17)13-9-6-7-10-15(13)18-16/h6-7,9-12H,3-5,8H2,1-2H3. The summed E-state index contributed by atoms with van der Waals surface area (Å²) in [4.78, 5) is 12.0. The van der Waals surface area contributed by atoms with Gasteiger partial charge in [0.05, 0.1) is 5.39 Å². The van der Waals surface area contributed by atoms with E-state index in [2.05, 4.69) is 13.8 Å². The first kappa shape index (κ1) is 12.9. The van der Waals surface area contributed by atoms with Gasteiger partial charge in [-0.1, -0.05) is 38.8 Å². The molecule has 0 aliphatic carbocycles. The van der Waals surface area contributed by atoms with Crippen LogP contribution in [0.15, 0.2) is 39.5 Å².